The van der Waals surface area contributed by atoms with E-state index in [0.717, 1.165) is 38.5 Å². The first kappa shape index (κ1) is 27.9. The van der Waals surface area contributed by atoms with Crippen molar-refractivity contribution in [3.05, 3.63) is 0 Å². The number of hydrogen-bond donors (Lipinski definition) is 3. The Morgan fingerprint density at radius 1 is 0.600 bits per heavy atom. The summed E-state index contributed by atoms with van der Waals surface area (Å²) in [4.78, 5) is 0. The second-order valence-electron chi connectivity index (χ2n) is 10.1. The predicted molar refractivity (Wildman–Crippen MR) is 131 cm³/mol. The molecule has 0 aromatic rings. The van der Waals surface area contributed by atoms with E-state index in [2.05, 4.69) is 12.2 Å². The molecule has 0 aliphatic heterocycles. The monoisotopic (exact) mass is 425 g/mol. The summed E-state index contributed by atoms with van der Waals surface area (Å²) in [6.45, 7) is 2.29. The quantitative estimate of drug-likeness (QED) is 0.105. The highest BCUT2D eigenvalue weighted by Gasteiger charge is 2.29. The van der Waals surface area contributed by atoms with Crippen LogP contribution in [0.4, 0.5) is 0 Å². The largest absolute Gasteiger partial charge is 0.379 e. The molecular formula is C27H55NO2. The van der Waals surface area contributed by atoms with Crippen LogP contribution in [0.3, 0.4) is 0 Å². The third-order valence-corrected chi connectivity index (χ3v) is 6.95. The highest BCUT2D eigenvalue weighted by molar-refractivity contribution is 4.79. The van der Waals surface area contributed by atoms with Gasteiger partial charge in [-0.05, 0) is 38.5 Å². The molecule has 0 bridgehead atoms. The zero-order chi connectivity index (χ0) is 21.8. The first-order valence-electron chi connectivity index (χ1n) is 13.8. The van der Waals surface area contributed by atoms with Crippen LogP contribution in [-0.2, 0) is 0 Å². The molecule has 1 unspecified atom stereocenters. The van der Waals surface area contributed by atoms with E-state index >= 15 is 0 Å². The summed E-state index contributed by atoms with van der Waals surface area (Å²) >= 11 is 0. The number of aliphatic hydroxyl groups is 2. The van der Waals surface area contributed by atoms with Gasteiger partial charge in [0.1, 0.15) is 12.0 Å². The van der Waals surface area contributed by atoms with Crippen LogP contribution < -0.4 is 5.32 Å². The lowest BCUT2D eigenvalue weighted by Crippen LogP contribution is -2.50. The van der Waals surface area contributed by atoms with Gasteiger partial charge in [0.25, 0.3) is 0 Å². The van der Waals surface area contributed by atoms with Gasteiger partial charge in [0.2, 0.25) is 0 Å². The molecule has 1 rings (SSSR count). The van der Waals surface area contributed by atoms with Crippen molar-refractivity contribution in [2.75, 3.05) is 0 Å². The Morgan fingerprint density at radius 2 is 0.967 bits per heavy atom. The maximum atomic E-state index is 10.6. The molecule has 0 amide bonds. The van der Waals surface area contributed by atoms with Gasteiger partial charge in [0.05, 0.1) is 0 Å². The van der Waals surface area contributed by atoms with E-state index in [1.54, 1.807) is 0 Å². The fraction of sp³-hybridized carbons (Fsp3) is 1.00. The molecule has 1 aliphatic carbocycles. The van der Waals surface area contributed by atoms with Crippen molar-refractivity contribution in [1.82, 2.24) is 5.32 Å². The maximum Gasteiger partial charge on any atom is 0.117 e. The van der Waals surface area contributed by atoms with Crippen LogP contribution in [-0.4, -0.2) is 22.2 Å². The van der Waals surface area contributed by atoms with Gasteiger partial charge in [0, 0.05) is 0 Å². The van der Waals surface area contributed by atoms with E-state index in [4.69, 9.17) is 0 Å². The van der Waals surface area contributed by atoms with Gasteiger partial charge in [-0.15, -0.1) is 0 Å². The lowest BCUT2D eigenvalue weighted by Gasteiger charge is -2.31. The number of rotatable bonds is 20. The number of hydrogen-bond acceptors (Lipinski definition) is 3. The third-order valence-electron chi connectivity index (χ3n) is 6.95. The molecule has 30 heavy (non-hydrogen) atoms. The van der Waals surface area contributed by atoms with Crippen LogP contribution >= 0.6 is 0 Å². The second-order valence-corrected chi connectivity index (χ2v) is 10.1. The van der Waals surface area contributed by atoms with Crippen molar-refractivity contribution >= 4 is 0 Å². The van der Waals surface area contributed by atoms with Crippen molar-refractivity contribution in [1.29, 1.82) is 0 Å². The summed E-state index contributed by atoms with van der Waals surface area (Å²) in [5.41, 5.74) is -0.829. The summed E-state index contributed by atoms with van der Waals surface area (Å²) in [7, 11) is 0. The average molecular weight is 426 g/mol. The molecule has 0 heterocycles. The minimum Gasteiger partial charge on any atom is -0.379 e. The molecule has 1 fully saturated rings. The van der Waals surface area contributed by atoms with Crippen LogP contribution in [0.2, 0.25) is 0 Å². The topological polar surface area (TPSA) is 52.5 Å². The van der Waals surface area contributed by atoms with Crippen molar-refractivity contribution in [3.63, 3.8) is 0 Å². The predicted octanol–water partition coefficient (Wildman–Crippen LogP) is 7.98. The molecule has 1 saturated carbocycles. The molecule has 0 radical (unpaired) electrons. The van der Waals surface area contributed by atoms with Gasteiger partial charge in [-0.1, -0.05) is 122 Å². The van der Waals surface area contributed by atoms with Gasteiger partial charge in [-0.3, -0.25) is 5.32 Å². The van der Waals surface area contributed by atoms with Crippen LogP contribution in [0.15, 0.2) is 0 Å². The summed E-state index contributed by atoms with van der Waals surface area (Å²) in [6.07, 6.45) is 29.7. The first-order chi connectivity index (χ1) is 14.7. The smallest absolute Gasteiger partial charge is 0.117 e. The van der Waals surface area contributed by atoms with Crippen LogP contribution in [0, 0.1) is 0 Å². The molecule has 3 nitrogen and oxygen atoms in total. The molecule has 3 N–H and O–H groups in total. The summed E-state index contributed by atoms with van der Waals surface area (Å²) in [5.74, 6) is 0. The van der Waals surface area contributed by atoms with E-state index in [1.807, 2.05) is 0 Å². The Bertz CT molecular complexity index is 353. The molecule has 0 saturated heterocycles. The zero-order valence-electron chi connectivity index (χ0n) is 20.4. The Balaban J connectivity index is 1.79. The second kappa shape index (κ2) is 19.6. The Hall–Kier alpha value is -0.120. The molecule has 1 atom stereocenters. The number of nitrogens with one attached hydrogen (secondary N) is 1. The van der Waals surface area contributed by atoms with Gasteiger partial charge in [-0.2, -0.15) is 0 Å². The minimum absolute atomic E-state index is 0.551. The minimum atomic E-state index is -0.829. The van der Waals surface area contributed by atoms with Gasteiger partial charge in [-0.25, -0.2) is 0 Å². The molecule has 1 aliphatic rings. The molecule has 0 aromatic heterocycles. The van der Waals surface area contributed by atoms with E-state index < -0.39 is 12.0 Å². The third kappa shape index (κ3) is 16.6. The average Bonchev–Trinajstić information content (AvgIpc) is 2.94. The normalized spacial score (nSPS) is 17.7. The van der Waals surface area contributed by atoms with Crippen molar-refractivity contribution in [3.8, 4) is 0 Å². The summed E-state index contributed by atoms with van der Waals surface area (Å²) in [6, 6.07) is 0. The van der Waals surface area contributed by atoms with Crippen molar-refractivity contribution in [2.24, 2.45) is 0 Å². The van der Waals surface area contributed by atoms with Crippen LogP contribution in [0.5, 0.6) is 0 Å². The zero-order valence-corrected chi connectivity index (χ0v) is 20.4. The Kier molecular flexibility index (Phi) is 18.2. The first-order valence-corrected chi connectivity index (χ1v) is 13.8. The summed E-state index contributed by atoms with van der Waals surface area (Å²) < 4.78 is 0. The van der Waals surface area contributed by atoms with E-state index in [-0.39, 0.29) is 0 Å². The van der Waals surface area contributed by atoms with Gasteiger partial charge >= 0.3 is 0 Å². The highest BCUT2D eigenvalue weighted by Crippen LogP contribution is 2.25. The Morgan fingerprint density at radius 3 is 1.37 bits per heavy atom. The summed E-state index contributed by atoms with van der Waals surface area (Å²) in [5, 5.41) is 23.9. The van der Waals surface area contributed by atoms with Crippen molar-refractivity contribution < 1.29 is 10.2 Å². The number of unbranched alkanes of at least 4 members (excludes halogenated alkanes) is 16. The van der Waals surface area contributed by atoms with E-state index in [0.29, 0.717) is 0 Å². The lowest BCUT2D eigenvalue weighted by atomic mass is 10.0. The number of aliphatic hydroxyl groups excluding tert-OH is 1. The van der Waals surface area contributed by atoms with Gasteiger partial charge < -0.3 is 10.2 Å². The molecule has 180 valence electrons. The molecule has 0 aromatic carbocycles. The Labute approximate surface area is 188 Å². The van der Waals surface area contributed by atoms with E-state index in [1.165, 1.54) is 116 Å². The SMILES string of the molecule is CCCCCCCCCCCCCCCCCCCC(O)NC1(O)CCCCCC1. The molecule has 3 heteroatoms. The van der Waals surface area contributed by atoms with Crippen LogP contribution in [0.1, 0.15) is 161 Å². The molecule has 0 spiro atoms. The van der Waals surface area contributed by atoms with Crippen LogP contribution in [0.25, 0.3) is 0 Å². The lowest BCUT2D eigenvalue weighted by molar-refractivity contribution is -0.0592. The fourth-order valence-corrected chi connectivity index (χ4v) is 4.90. The standard InChI is InChI=1S/C27H55NO2/c1-2-3-4-5-6-7-8-9-10-11-12-13-14-15-16-17-20-23-26(29)28-27(30)24-21-18-19-22-25-27/h26,28-30H,2-25H2,1H3. The fourth-order valence-electron chi connectivity index (χ4n) is 4.90. The van der Waals surface area contributed by atoms with Crippen molar-refractivity contribution in [2.45, 2.75) is 173 Å². The maximum absolute atomic E-state index is 10.6. The van der Waals surface area contributed by atoms with Gasteiger partial charge in [0.15, 0.2) is 0 Å². The van der Waals surface area contributed by atoms with E-state index in [9.17, 15) is 10.2 Å². The molecular weight excluding hydrogens is 370 g/mol. The highest BCUT2D eigenvalue weighted by atomic mass is 16.3.